The molecule has 0 aliphatic carbocycles. The molecule has 0 radical (unpaired) electrons. The summed E-state index contributed by atoms with van der Waals surface area (Å²) in [4.78, 5) is 24.4. The van der Waals surface area contributed by atoms with Crippen molar-refractivity contribution in [3.8, 4) is 0 Å². The van der Waals surface area contributed by atoms with Crippen LogP contribution in [0, 0.1) is 0 Å². The molecule has 2 heterocycles. The van der Waals surface area contributed by atoms with Crippen molar-refractivity contribution >= 4 is 34.2 Å². The van der Waals surface area contributed by atoms with Crippen LogP contribution >= 0.6 is 0 Å². The molecule has 4 N–H and O–H groups in total. The van der Waals surface area contributed by atoms with E-state index in [0.717, 1.165) is 10.9 Å². The van der Waals surface area contributed by atoms with Gasteiger partial charge in [0.05, 0.1) is 17.4 Å². The Hall–Kier alpha value is -2.57. The molecular formula is C11H11N5O2. The summed E-state index contributed by atoms with van der Waals surface area (Å²) in [5, 5.41) is 9.82. The molecule has 1 aliphatic rings. The predicted octanol–water partition coefficient (Wildman–Crippen LogP) is 0.591. The number of carbonyl (C=O) groups excluding carboxylic acids is 2. The minimum atomic E-state index is -0.431. The van der Waals surface area contributed by atoms with E-state index in [2.05, 4.69) is 15.5 Å². The number of imide groups is 1. The van der Waals surface area contributed by atoms with Crippen LogP contribution in [0.2, 0.25) is 0 Å². The molecule has 3 rings (SSSR count). The Morgan fingerprint density at radius 3 is 2.94 bits per heavy atom. The first kappa shape index (κ1) is 10.6. The number of urea groups is 1. The van der Waals surface area contributed by atoms with E-state index in [1.54, 1.807) is 18.3 Å². The minimum absolute atomic E-state index is 0.261. The lowest BCUT2D eigenvalue weighted by Crippen LogP contribution is -2.49. The van der Waals surface area contributed by atoms with Gasteiger partial charge in [0.1, 0.15) is 0 Å². The van der Waals surface area contributed by atoms with Gasteiger partial charge in [0, 0.05) is 24.0 Å². The lowest BCUT2D eigenvalue weighted by Gasteiger charge is -2.27. The van der Waals surface area contributed by atoms with Crippen LogP contribution in [0.1, 0.15) is 6.42 Å². The van der Waals surface area contributed by atoms with Gasteiger partial charge < -0.3 is 5.73 Å². The molecule has 1 aromatic carbocycles. The third-order valence-electron chi connectivity index (χ3n) is 2.90. The highest BCUT2D eigenvalue weighted by atomic mass is 16.2. The number of hydrogen-bond acceptors (Lipinski definition) is 4. The summed E-state index contributed by atoms with van der Waals surface area (Å²) in [7, 11) is 0. The number of nitrogens with one attached hydrogen (secondary N) is 2. The summed E-state index contributed by atoms with van der Waals surface area (Å²) in [6.45, 7) is 0.342. The number of anilines is 2. The maximum Gasteiger partial charge on any atom is 0.328 e. The number of hydrogen-bond donors (Lipinski definition) is 3. The number of fused-ring (bicyclic) bond motifs is 1. The molecule has 1 aliphatic heterocycles. The van der Waals surface area contributed by atoms with E-state index in [0.29, 0.717) is 17.9 Å². The van der Waals surface area contributed by atoms with E-state index in [-0.39, 0.29) is 12.3 Å². The number of benzene rings is 1. The number of nitrogen functional groups attached to an aromatic ring is 1. The molecule has 7 nitrogen and oxygen atoms in total. The quantitative estimate of drug-likeness (QED) is 0.639. The highest BCUT2D eigenvalue weighted by Gasteiger charge is 2.25. The van der Waals surface area contributed by atoms with Gasteiger partial charge in [-0.2, -0.15) is 5.10 Å². The zero-order valence-electron chi connectivity index (χ0n) is 9.43. The van der Waals surface area contributed by atoms with Crippen LogP contribution in [0.3, 0.4) is 0 Å². The number of nitrogens with two attached hydrogens (primary N) is 1. The first-order chi connectivity index (χ1) is 8.65. The Labute approximate surface area is 102 Å². The van der Waals surface area contributed by atoms with Crippen LogP contribution in [-0.2, 0) is 4.79 Å². The van der Waals surface area contributed by atoms with Gasteiger partial charge in [-0.3, -0.25) is 20.1 Å². The van der Waals surface area contributed by atoms with Crippen molar-refractivity contribution < 1.29 is 9.59 Å². The molecule has 3 amide bonds. The van der Waals surface area contributed by atoms with Crippen molar-refractivity contribution in [3.05, 3.63) is 18.3 Å². The van der Waals surface area contributed by atoms with E-state index in [1.165, 1.54) is 4.90 Å². The Morgan fingerprint density at radius 2 is 2.17 bits per heavy atom. The van der Waals surface area contributed by atoms with Gasteiger partial charge >= 0.3 is 6.03 Å². The molecule has 92 valence electrons. The average Bonchev–Trinajstić information content (AvgIpc) is 2.76. The fraction of sp³-hybridized carbons (Fsp3) is 0.182. The van der Waals surface area contributed by atoms with Crippen LogP contribution in [0.4, 0.5) is 16.2 Å². The number of rotatable bonds is 1. The van der Waals surface area contributed by atoms with Crippen LogP contribution in [0.25, 0.3) is 10.9 Å². The molecular weight excluding hydrogens is 234 g/mol. The zero-order valence-corrected chi connectivity index (χ0v) is 9.43. The molecule has 0 spiro atoms. The summed E-state index contributed by atoms with van der Waals surface area (Å²) in [5.41, 5.74) is 7.74. The van der Waals surface area contributed by atoms with E-state index >= 15 is 0 Å². The summed E-state index contributed by atoms with van der Waals surface area (Å²) in [5.74, 6) is -0.261. The van der Waals surface area contributed by atoms with Crippen molar-refractivity contribution in [1.29, 1.82) is 0 Å². The number of aromatic amines is 1. The fourth-order valence-corrected chi connectivity index (χ4v) is 2.07. The largest absolute Gasteiger partial charge is 0.399 e. The van der Waals surface area contributed by atoms with Gasteiger partial charge in [-0.1, -0.05) is 0 Å². The van der Waals surface area contributed by atoms with Crippen LogP contribution in [0.15, 0.2) is 18.3 Å². The van der Waals surface area contributed by atoms with Crippen LogP contribution in [-0.4, -0.2) is 28.7 Å². The van der Waals surface area contributed by atoms with Gasteiger partial charge in [-0.25, -0.2) is 4.79 Å². The normalized spacial score (nSPS) is 16.1. The molecule has 0 bridgehead atoms. The molecule has 1 aromatic heterocycles. The highest BCUT2D eigenvalue weighted by Crippen LogP contribution is 2.29. The topological polar surface area (TPSA) is 104 Å². The second-order valence-corrected chi connectivity index (χ2v) is 4.13. The minimum Gasteiger partial charge on any atom is -0.399 e. The Balaban J connectivity index is 2.11. The Morgan fingerprint density at radius 1 is 1.33 bits per heavy atom. The van der Waals surface area contributed by atoms with Crippen LogP contribution < -0.4 is 16.0 Å². The summed E-state index contributed by atoms with van der Waals surface area (Å²) < 4.78 is 0. The maximum atomic E-state index is 11.8. The van der Waals surface area contributed by atoms with E-state index < -0.39 is 6.03 Å². The lowest BCUT2D eigenvalue weighted by atomic mass is 10.1. The average molecular weight is 245 g/mol. The van der Waals surface area contributed by atoms with Crippen molar-refractivity contribution in [2.24, 2.45) is 0 Å². The third-order valence-corrected chi connectivity index (χ3v) is 2.90. The monoisotopic (exact) mass is 245 g/mol. The van der Waals surface area contributed by atoms with Crippen molar-refractivity contribution in [2.45, 2.75) is 6.42 Å². The smallest absolute Gasteiger partial charge is 0.328 e. The Bertz CT molecular complexity index is 648. The summed E-state index contributed by atoms with van der Waals surface area (Å²) in [6, 6.07) is 3.02. The summed E-state index contributed by atoms with van der Waals surface area (Å²) >= 11 is 0. The molecule has 2 aromatic rings. The van der Waals surface area contributed by atoms with Gasteiger partial charge in [0.25, 0.3) is 0 Å². The van der Waals surface area contributed by atoms with E-state index in [9.17, 15) is 9.59 Å². The molecule has 7 heteroatoms. The van der Waals surface area contributed by atoms with E-state index in [1.807, 2.05) is 0 Å². The van der Waals surface area contributed by atoms with Crippen molar-refractivity contribution in [2.75, 3.05) is 17.2 Å². The number of H-pyrrole nitrogens is 1. The lowest BCUT2D eigenvalue weighted by molar-refractivity contribution is -0.120. The molecule has 18 heavy (non-hydrogen) atoms. The predicted molar refractivity (Wildman–Crippen MR) is 66.0 cm³/mol. The number of amides is 3. The van der Waals surface area contributed by atoms with Gasteiger partial charge in [0.15, 0.2) is 0 Å². The van der Waals surface area contributed by atoms with Crippen LogP contribution in [0.5, 0.6) is 0 Å². The summed E-state index contributed by atoms with van der Waals surface area (Å²) in [6.07, 6.45) is 1.91. The molecule has 1 fully saturated rings. The van der Waals surface area contributed by atoms with E-state index in [4.69, 9.17) is 5.73 Å². The first-order valence-electron chi connectivity index (χ1n) is 5.49. The second kappa shape index (κ2) is 3.73. The fourth-order valence-electron chi connectivity index (χ4n) is 2.07. The highest BCUT2D eigenvalue weighted by molar-refractivity contribution is 6.10. The van der Waals surface area contributed by atoms with Gasteiger partial charge in [-0.05, 0) is 12.1 Å². The molecule has 0 unspecified atom stereocenters. The van der Waals surface area contributed by atoms with Gasteiger partial charge in [-0.15, -0.1) is 0 Å². The standard InChI is InChI=1S/C11H11N5O2/c12-6-3-8-7(5-13-15-8)9(4-6)16-2-1-10(17)14-11(16)18/h3-5H,1-2,12H2,(H,13,15)(H,14,17,18). The van der Waals surface area contributed by atoms with Crippen molar-refractivity contribution in [1.82, 2.24) is 15.5 Å². The first-order valence-corrected chi connectivity index (χ1v) is 5.49. The molecule has 1 saturated heterocycles. The second-order valence-electron chi connectivity index (χ2n) is 4.13. The van der Waals surface area contributed by atoms with Gasteiger partial charge in [0.2, 0.25) is 5.91 Å². The number of carbonyl (C=O) groups is 2. The third kappa shape index (κ3) is 1.56. The molecule has 0 saturated carbocycles. The molecule has 0 atom stereocenters. The number of aromatic nitrogens is 2. The maximum absolute atomic E-state index is 11.8. The number of nitrogens with zero attached hydrogens (tertiary/aromatic N) is 2. The Kier molecular flexibility index (Phi) is 2.19. The SMILES string of the molecule is Nc1cc(N2CCC(=O)NC2=O)c2cn[nH]c2c1. The van der Waals surface area contributed by atoms with Crippen molar-refractivity contribution in [3.63, 3.8) is 0 Å². The zero-order chi connectivity index (χ0) is 12.7.